The molecule has 1 heterocycles. The molecule has 0 aliphatic rings. The Hall–Kier alpha value is -1.87. The summed E-state index contributed by atoms with van der Waals surface area (Å²) in [7, 11) is 0. The number of aromatic nitrogens is 1. The number of rotatable bonds is 2. The molecule has 0 saturated carbocycles. The maximum absolute atomic E-state index is 12.9. The van der Waals surface area contributed by atoms with Gasteiger partial charge in [0.25, 0.3) is 0 Å². The van der Waals surface area contributed by atoms with Gasteiger partial charge in [-0.1, -0.05) is 46.3 Å². The molecule has 0 bridgehead atoms. The van der Waals surface area contributed by atoms with Gasteiger partial charge in [-0.3, -0.25) is 4.79 Å². The maximum Gasteiger partial charge on any atom is 0.195 e. The van der Waals surface area contributed by atoms with Crippen LogP contribution in [0.2, 0.25) is 0 Å². The number of hydrogen-bond acceptors (Lipinski definition) is 1. The van der Waals surface area contributed by atoms with E-state index in [9.17, 15) is 4.79 Å². The number of H-pyrrole nitrogens is 1. The van der Waals surface area contributed by atoms with E-state index in [4.69, 9.17) is 0 Å². The van der Waals surface area contributed by atoms with Crippen LogP contribution in [0.4, 0.5) is 0 Å². The molecule has 0 aliphatic carbocycles. The number of fused-ring (bicyclic) bond motifs is 1. The highest BCUT2D eigenvalue weighted by atomic mass is 79.9. The molecular weight excluding hydrogens is 314 g/mol. The predicted octanol–water partition coefficient (Wildman–Crippen LogP) is 4.78. The van der Waals surface area contributed by atoms with E-state index in [1.807, 2.05) is 56.3 Å². The first kappa shape index (κ1) is 13.1. The minimum absolute atomic E-state index is 0.0683. The zero-order chi connectivity index (χ0) is 14.3. The van der Waals surface area contributed by atoms with Gasteiger partial charge in [0.2, 0.25) is 0 Å². The zero-order valence-electron chi connectivity index (χ0n) is 11.3. The second kappa shape index (κ2) is 4.91. The van der Waals surface area contributed by atoms with Gasteiger partial charge < -0.3 is 4.98 Å². The molecular formula is C17H14BrNO. The van der Waals surface area contributed by atoms with Crippen molar-refractivity contribution in [2.45, 2.75) is 13.8 Å². The van der Waals surface area contributed by atoms with Crippen molar-refractivity contribution in [2.24, 2.45) is 0 Å². The van der Waals surface area contributed by atoms with E-state index in [1.165, 1.54) is 0 Å². The van der Waals surface area contributed by atoms with Crippen LogP contribution in [-0.4, -0.2) is 10.8 Å². The van der Waals surface area contributed by atoms with Crippen LogP contribution in [0.3, 0.4) is 0 Å². The fraction of sp³-hybridized carbons (Fsp3) is 0.118. The van der Waals surface area contributed by atoms with E-state index in [0.717, 1.165) is 37.8 Å². The quantitative estimate of drug-likeness (QED) is 0.675. The monoisotopic (exact) mass is 327 g/mol. The molecule has 0 atom stereocenters. The summed E-state index contributed by atoms with van der Waals surface area (Å²) in [6.07, 6.45) is 0. The normalized spacial score (nSPS) is 10.9. The summed E-state index contributed by atoms with van der Waals surface area (Å²) in [5, 5.41) is 0.981. The van der Waals surface area contributed by atoms with Crippen molar-refractivity contribution in [1.29, 1.82) is 0 Å². The number of halogens is 1. The Balaban J connectivity index is 2.23. The summed E-state index contributed by atoms with van der Waals surface area (Å²) in [6, 6.07) is 13.6. The van der Waals surface area contributed by atoms with Gasteiger partial charge in [-0.05, 0) is 31.5 Å². The van der Waals surface area contributed by atoms with E-state index in [0.29, 0.717) is 0 Å². The highest BCUT2D eigenvalue weighted by Crippen LogP contribution is 2.27. The van der Waals surface area contributed by atoms with Gasteiger partial charge in [-0.15, -0.1) is 0 Å². The number of aryl methyl sites for hydroxylation is 1. The molecule has 0 radical (unpaired) electrons. The number of aromatic amines is 1. The van der Waals surface area contributed by atoms with Crippen LogP contribution in [-0.2, 0) is 0 Å². The van der Waals surface area contributed by atoms with Gasteiger partial charge >= 0.3 is 0 Å². The van der Waals surface area contributed by atoms with E-state index < -0.39 is 0 Å². The summed E-state index contributed by atoms with van der Waals surface area (Å²) in [5.74, 6) is 0.0683. The average Bonchev–Trinajstić information content (AvgIpc) is 2.77. The number of carbonyl (C=O) groups is 1. The highest BCUT2D eigenvalue weighted by Gasteiger charge is 2.19. The summed E-state index contributed by atoms with van der Waals surface area (Å²) >= 11 is 3.49. The van der Waals surface area contributed by atoms with Crippen LogP contribution in [0.1, 0.15) is 27.2 Å². The lowest BCUT2D eigenvalue weighted by Crippen LogP contribution is -2.05. The zero-order valence-corrected chi connectivity index (χ0v) is 12.9. The molecule has 0 amide bonds. The van der Waals surface area contributed by atoms with Gasteiger partial charge in [0.15, 0.2) is 5.78 Å². The van der Waals surface area contributed by atoms with Crippen LogP contribution in [0.5, 0.6) is 0 Å². The average molecular weight is 328 g/mol. The SMILES string of the molecule is Cc1[nH]c2ccccc2c1C(=O)c1cccc(Br)c1C. The van der Waals surface area contributed by atoms with Crippen LogP contribution in [0.25, 0.3) is 10.9 Å². The third-order valence-electron chi connectivity index (χ3n) is 3.63. The molecule has 0 spiro atoms. The summed E-state index contributed by atoms with van der Waals surface area (Å²) in [4.78, 5) is 16.2. The van der Waals surface area contributed by atoms with Crippen molar-refractivity contribution in [2.75, 3.05) is 0 Å². The molecule has 1 N–H and O–H groups in total. The molecule has 0 aliphatic heterocycles. The Morgan fingerprint density at radius 3 is 2.60 bits per heavy atom. The van der Waals surface area contributed by atoms with Crippen LogP contribution in [0, 0.1) is 13.8 Å². The lowest BCUT2D eigenvalue weighted by Gasteiger charge is -2.07. The largest absolute Gasteiger partial charge is 0.358 e. The minimum Gasteiger partial charge on any atom is -0.358 e. The number of nitrogens with one attached hydrogen (secondary N) is 1. The second-order valence-electron chi connectivity index (χ2n) is 4.91. The number of hydrogen-bond donors (Lipinski definition) is 1. The fourth-order valence-electron chi connectivity index (χ4n) is 2.56. The van der Waals surface area contributed by atoms with Crippen LogP contribution >= 0.6 is 15.9 Å². The van der Waals surface area contributed by atoms with Gasteiger partial charge in [-0.25, -0.2) is 0 Å². The van der Waals surface area contributed by atoms with Crippen molar-refractivity contribution in [1.82, 2.24) is 4.98 Å². The molecule has 0 fully saturated rings. The first-order chi connectivity index (χ1) is 9.59. The Kier molecular flexibility index (Phi) is 3.22. The minimum atomic E-state index is 0.0683. The second-order valence-corrected chi connectivity index (χ2v) is 5.77. The van der Waals surface area contributed by atoms with Crippen molar-refractivity contribution in [3.05, 3.63) is 69.3 Å². The van der Waals surface area contributed by atoms with Gasteiger partial charge in [-0.2, -0.15) is 0 Å². The molecule has 3 rings (SSSR count). The Labute approximate surface area is 126 Å². The first-order valence-electron chi connectivity index (χ1n) is 6.46. The standard InChI is InChI=1S/C17H14BrNO/c1-10-12(7-5-8-14(10)18)17(20)16-11(2)19-15-9-4-3-6-13(15)16/h3-9,19H,1-2H3. The summed E-state index contributed by atoms with van der Waals surface area (Å²) in [6.45, 7) is 3.90. The van der Waals surface area contributed by atoms with Gasteiger partial charge in [0.05, 0.1) is 5.56 Å². The van der Waals surface area contributed by atoms with Crippen LogP contribution < -0.4 is 0 Å². The molecule has 20 heavy (non-hydrogen) atoms. The van der Waals surface area contributed by atoms with E-state index >= 15 is 0 Å². The summed E-state index contributed by atoms with van der Waals surface area (Å²) in [5.41, 5.74) is 4.40. The third-order valence-corrected chi connectivity index (χ3v) is 4.49. The summed E-state index contributed by atoms with van der Waals surface area (Å²) < 4.78 is 0.959. The molecule has 3 aromatic rings. The van der Waals surface area contributed by atoms with Crippen molar-refractivity contribution in [3.63, 3.8) is 0 Å². The number of para-hydroxylation sites is 1. The Morgan fingerprint density at radius 2 is 1.80 bits per heavy atom. The number of benzene rings is 2. The highest BCUT2D eigenvalue weighted by molar-refractivity contribution is 9.10. The molecule has 3 heteroatoms. The van der Waals surface area contributed by atoms with Crippen molar-refractivity contribution < 1.29 is 4.79 Å². The molecule has 2 nitrogen and oxygen atoms in total. The number of carbonyl (C=O) groups excluding carboxylic acids is 1. The fourth-order valence-corrected chi connectivity index (χ4v) is 2.92. The Bertz CT molecular complexity index is 817. The number of ketones is 1. The molecule has 100 valence electrons. The predicted molar refractivity (Wildman–Crippen MR) is 85.3 cm³/mol. The molecule has 2 aromatic carbocycles. The van der Waals surface area contributed by atoms with E-state index in [1.54, 1.807) is 0 Å². The molecule has 0 saturated heterocycles. The third kappa shape index (κ3) is 1.98. The topological polar surface area (TPSA) is 32.9 Å². The first-order valence-corrected chi connectivity index (χ1v) is 7.26. The lowest BCUT2D eigenvalue weighted by molar-refractivity contribution is 0.103. The van der Waals surface area contributed by atoms with Gasteiger partial charge in [0.1, 0.15) is 0 Å². The van der Waals surface area contributed by atoms with E-state index in [2.05, 4.69) is 20.9 Å². The lowest BCUT2D eigenvalue weighted by atomic mass is 9.97. The Morgan fingerprint density at radius 1 is 1.05 bits per heavy atom. The molecule has 0 unspecified atom stereocenters. The molecule has 1 aromatic heterocycles. The van der Waals surface area contributed by atoms with Crippen molar-refractivity contribution in [3.8, 4) is 0 Å². The smallest absolute Gasteiger partial charge is 0.195 e. The maximum atomic E-state index is 12.9. The van der Waals surface area contributed by atoms with Gasteiger partial charge in [0, 0.05) is 26.6 Å². The van der Waals surface area contributed by atoms with Crippen molar-refractivity contribution >= 4 is 32.6 Å². The van der Waals surface area contributed by atoms with E-state index in [-0.39, 0.29) is 5.78 Å². The van der Waals surface area contributed by atoms with Crippen LogP contribution in [0.15, 0.2) is 46.9 Å².